The minimum atomic E-state index is 1.29. The van der Waals surface area contributed by atoms with Gasteiger partial charge in [-0.2, -0.15) is 0 Å². The van der Waals surface area contributed by atoms with Crippen LogP contribution in [0.15, 0.2) is 36.4 Å². The third-order valence-corrected chi connectivity index (χ3v) is 9.52. The molecule has 2 aromatic rings. The van der Waals surface area contributed by atoms with Gasteiger partial charge < -0.3 is 0 Å². The minimum Gasteiger partial charge on any atom is -0.0558 e. The van der Waals surface area contributed by atoms with Gasteiger partial charge in [-0.1, -0.05) is 133 Å². The van der Waals surface area contributed by atoms with E-state index in [0.717, 1.165) is 0 Å². The molecule has 0 saturated carbocycles. The Morgan fingerprint density at radius 2 is 0.308 bits per heavy atom. The van der Waals surface area contributed by atoms with Gasteiger partial charge in [-0.25, -0.2) is 0 Å². The molecule has 39 heavy (non-hydrogen) atoms. The van der Waals surface area contributed by atoms with E-state index in [1.165, 1.54) is 173 Å². The van der Waals surface area contributed by atoms with Gasteiger partial charge >= 0.3 is 0 Å². The van der Waals surface area contributed by atoms with Crippen molar-refractivity contribution < 1.29 is 0 Å². The molecular weight excluding hydrogens is 468 g/mol. The smallest absolute Gasteiger partial charge is 0.0279 e. The van der Waals surface area contributed by atoms with E-state index in [2.05, 4.69) is 36.4 Å². The highest BCUT2D eigenvalue weighted by molar-refractivity contribution is 5.32. The predicted molar refractivity (Wildman–Crippen MR) is 172 cm³/mol. The van der Waals surface area contributed by atoms with Gasteiger partial charge in [0.25, 0.3) is 0 Å². The Kier molecular flexibility index (Phi) is 14.6. The number of aryl methyl sites for hydroxylation is 6. The van der Waals surface area contributed by atoms with E-state index in [0.29, 0.717) is 0 Å². The van der Waals surface area contributed by atoms with E-state index in [1.807, 2.05) is 0 Å². The highest BCUT2D eigenvalue weighted by atomic mass is 14.1. The van der Waals surface area contributed by atoms with Crippen molar-refractivity contribution in [3.05, 3.63) is 69.8 Å². The number of fused-ring (bicyclic) bond motifs is 24. The molecule has 0 aromatic heterocycles. The molecule has 5 rings (SSSR count). The first-order valence-electron chi connectivity index (χ1n) is 17.6. The van der Waals surface area contributed by atoms with Crippen LogP contribution in [0.3, 0.4) is 0 Å². The van der Waals surface area contributed by atoms with Gasteiger partial charge in [-0.15, -0.1) is 0 Å². The highest BCUT2D eigenvalue weighted by Gasteiger charge is 2.06. The van der Waals surface area contributed by atoms with Crippen LogP contribution in [0.5, 0.6) is 0 Å². The molecule has 0 aliphatic heterocycles. The molecule has 3 aliphatic carbocycles. The van der Waals surface area contributed by atoms with Gasteiger partial charge in [0.1, 0.15) is 0 Å². The average Bonchev–Trinajstić information content (AvgIpc) is 2.93. The van der Waals surface area contributed by atoms with Crippen LogP contribution in [0.4, 0.5) is 0 Å². The summed E-state index contributed by atoms with van der Waals surface area (Å²) in [4.78, 5) is 0. The van der Waals surface area contributed by atoms with E-state index in [-0.39, 0.29) is 0 Å². The zero-order valence-electron chi connectivity index (χ0n) is 25.6. The van der Waals surface area contributed by atoms with Crippen LogP contribution in [-0.2, 0) is 38.5 Å². The van der Waals surface area contributed by atoms with Gasteiger partial charge in [0.2, 0.25) is 0 Å². The fourth-order valence-corrected chi connectivity index (χ4v) is 7.17. The zero-order chi connectivity index (χ0) is 26.8. The minimum absolute atomic E-state index is 1.29. The zero-order valence-corrected chi connectivity index (χ0v) is 25.6. The molecule has 0 heterocycles. The van der Waals surface area contributed by atoms with E-state index in [4.69, 9.17) is 0 Å². The van der Waals surface area contributed by atoms with Gasteiger partial charge in [0.15, 0.2) is 0 Å². The Morgan fingerprint density at radius 3 is 0.462 bits per heavy atom. The van der Waals surface area contributed by atoms with Crippen molar-refractivity contribution in [3.63, 3.8) is 0 Å². The van der Waals surface area contributed by atoms with Crippen molar-refractivity contribution >= 4 is 0 Å². The second kappa shape index (κ2) is 18.7. The molecule has 6 bridgehead atoms. The molecule has 3 aliphatic rings. The second-order valence-electron chi connectivity index (χ2n) is 13.2. The second-order valence-corrected chi connectivity index (χ2v) is 13.2. The SMILES string of the molecule is c1c2cc3cc1CCCCCCCCCc1cc(cc(c1)CCCCCCCCC3)CCCCCCCCC2. The van der Waals surface area contributed by atoms with E-state index in [1.54, 1.807) is 33.4 Å². The molecule has 0 saturated heterocycles. The third-order valence-electron chi connectivity index (χ3n) is 9.52. The lowest BCUT2D eigenvalue weighted by Gasteiger charge is -2.12. The summed E-state index contributed by atoms with van der Waals surface area (Å²) in [5, 5.41) is 0. The summed E-state index contributed by atoms with van der Waals surface area (Å²) in [6.07, 6.45) is 37.3. The molecule has 0 spiro atoms. The van der Waals surface area contributed by atoms with E-state index in [9.17, 15) is 0 Å². The summed E-state index contributed by atoms with van der Waals surface area (Å²) in [5.41, 5.74) is 9.79. The summed E-state index contributed by atoms with van der Waals surface area (Å²) in [6.45, 7) is 0. The molecule has 0 atom stereocenters. The topological polar surface area (TPSA) is 0 Å². The molecule has 0 radical (unpaired) electrons. The lowest BCUT2D eigenvalue weighted by atomic mass is 9.94. The van der Waals surface area contributed by atoms with Crippen molar-refractivity contribution in [3.8, 4) is 0 Å². The highest BCUT2D eigenvalue weighted by Crippen LogP contribution is 2.22. The summed E-state index contributed by atoms with van der Waals surface area (Å²) in [7, 11) is 0. The van der Waals surface area contributed by atoms with Crippen LogP contribution in [0.25, 0.3) is 0 Å². The van der Waals surface area contributed by atoms with Gasteiger partial charge in [-0.3, -0.25) is 0 Å². The van der Waals surface area contributed by atoms with E-state index >= 15 is 0 Å². The summed E-state index contributed by atoms with van der Waals surface area (Å²) in [6, 6.07) is 15.5. The van der Waals surface area contributed by atoms with Crippen molar-refractivity contribution in [1.82, 2.24) is 0 Å². The van der Waals surface area contributed by atoms with Crippen molar-refractivity contribution in [2.45, 2.75) is 173 Å². The average molecular weight is 529 g/mol. The van der Waals surface area contributed by atoms with Gasteiger partial charge in [0.05, 0.1) is 0 Å². The molecule has 0 N–H and O–H groups in total. The molecular formula is C39H60. The Morgan fingerprint density at radius 1 is 0.179 bits per heavy atom. The summed E-state index contributed by atoms with van der Waals surface area (Å²) >= 11 is 0. The Labute approximate surface area is 242 Å². The maximum Gasteiger partial charge on any atom is -0.0279 e. The normalized spacial score (nSPS) is 20.6. The van der Waals surface area contributed by atoms with Gasteiger partial charge in [-0.05, 0) is 110 Å². The first kappa shape index (κ1) is 30.4. The van der Waals surface area contributed by atoms with Crippen LogP contribution >= 0.6 is 0 Å². The van der Waals surface area contributed by atoms with Crippen LogP contribution < -0.4 is 0 Å². The summed E-state index contributed by atoms with van der Waals surface area (Å²) in [5.74, 6) is 0. The molecule has 0 heteroatoms. The number of rotatable bonds is 0. The van der Waals surface area contributed by atoms with Gasteiger partial charge in [0, 0.05) is 0 Å². The lowest BCUT2D eigenvalue weighted by Crippen LogP contribution is -1.97. The number of hydrogen-bond donors (Lipinski definition) is 0. The van der Waals surface area contributed by atoms with Crippen LogP contribution in [0.2, 0.25) is 0 Å². The molecule has 0 nitrogen and oxygen atoms in total. The first-order chi connectivity index (χ1) is 19.3. The van der Waals surface area contributed by atoms with Crippen molar-refractivity contribution in [2.24, 2.45) is 0 Å². The van der Waals surface area contributed by atoms with Crippen LogP contribution in [-0.4, -0.2) is 0 Å². The Balaban J connectivity index is 1.45. The Hall–Kier alpha value is -1.56. The maximum atomic E-state index is 2.58. The largest absolute Gasteiger partial charge is 0.0558 e. The predicted octanol–water partition coefficient (Wildman–Crippen LogP) is 11.9. The van der Waals surface area contributed by atoms with E-state index < -0.39 is 0 Å². The summed E-state index contributed by atoms with van der Waals surface area (Å²) < 4.78 is 0. The van der Waals surface area contributed by atoms with Crippen LogP contribution in [0.1, 0.15) is 168 Å². The Bertz CT molecular complexity index is 704. The molecule has 0 fully saturated rings. The maximum absolute atomic E-state index is 2.58. The third kappa shape index (κ3) is 12.7. The number of hydrogen-bond acceptors (Lipinski definition) is 0. The fraction of sp³-hybridized carbons (Fsp3) is 0.692. The molecule has 2 aromatic carbocycles. The molecule has 216 valence electrons. The molecule has 0 amide bonds. The quantitative estimate of drug-likeness (QED) is 0.319. The molecule has 0 unspecified atom stereocenters. The fourth-order valence-electron chi connectivity index (χ4n) is 7.17. The van der Waals surface area contributed by atoms with Crippen molar-refractivity contribution in [2.75, 3.05) is 0 Å². The monoisotopic (exact) mass is 528 g/mol. The van der Waals surface area contributed by atoms with Crippen LogP contribution in [0, 0.1) is 0 Å². The van der Waals surface area contributed by atoms with Crippen molar-refractivity contribution in [1.29, 1.82) is 0 Å². The first-order valence-corrected chi connectivity index (χ1v) is 17.6. The standard InChI is InChI=1S/C39H60/c1-4-10-16-22-34-28-36-24-18-12-6-2-7-13-19-25-37-29-35(23-17-11-5-1)31-39(33-37)27-21-15-9-3-8-14-20-26-38(30-34)32-36/h28-33H,1-27H2. The number of benzene rings is 2. The lowest BCUT2D eigenvalue weighted by molar-refractivity contribution is 0.572.